The zero-order valence-electron chi connectivity index (χ0n) is 16.0. The number of ether oxygens (including phenoxy) is 1. The van der Waals surface area contributed by atoms with E-state index in [1.54, 1.807) is 48.7 Å². The highest BCUT2D eigenvalue weighted by Gasteiger charge is 2.07. The van der Waals surface area contributed by atoms with Gasteiger partial charge in [-0.05, 0) is 70.2 Å². The standard InChI is InChI=1S/C22H16BrClFNO4S/c23-19-12-15(3-9-22(19)30-10-1-11-31(27,28)29)2-8-21-20(25)13-17(14-26-21)16-4-6-18(24)7-5-16/h3-7,9,12-14H,1,10-11H2,(H,27,28,29). The lowest BCUT2D eigenvalue weighted by Gasteiger charge is -2.07. The summed E-state index contributed by atoms with van der Waals surface area (Å²) in [6.45, 7) is 0.124. The average Bonchev–Trinajstić information content (AvgIpc) is 2.71. The van der Waals surface area contributed by atoms with Gasteiger partial charge in [-0.25, -0.2) is 9.37 Å². The Morgan fingerprint density at radius 1 is 1.10 bits per heavy atom. The first-order valence-electron chi connectivity index (χ1n) is 9.02. The molecule has 5 nitrogen and oxygen atoms in total. The third-order valence-corrected chi connectivity index (χ3v) is 5.76. The molecule has 3 rings (SSSR count). The molecule has 0 atom stereocenters. The third kappa shape index (κ3) is 7.04. The molecule has 0 aliphatic heterocycles. The molecule has 0 saturated carbocycles. The van der Waals surface area contributed by atoms with Crippen LogP contribution in [0, 0.1) is 17.7 Å². The Hall–Kier alpha value is -2.44. The molecule has 0 aliphatic rings. The fourth-order valence-electron chi connectivity index (χ4n) is 2.58. The molecular weight excluding hydrogens is 509 g/mol. The van der Waals surface area contributed by atoms with Crippen molar-refractivity contribution in [2.24, 2.45) is 0 Å². The van der Waals surface area contributed by atoms with E-state index < -0.39 is 15.9 Å². The maximum atomic E-state index is 14.4. The average molecular weight is 525 g/mol. The Labute approximate surface area is 193 Å². The molecule has 0 saturated heterocycles. The third-order valence-electron chi connectivity index (χ3n) is 4.08. The highest BCUT2D eigenvalue weighted by molar-refractivity contribution is 9.10. The molecule has 9 heteroatoms. The SMILES string of the molecule is O=S(=O)(O)CCCOc1ccc(C#Cc2ncc(-c3ccc(Cl)cc3)cc2F)cc1Br. The summed E-state index contributed by atoms with van der Waals surface area (Å²) in [5, 5.41) is 0.598. The van der Waals surface area contributed by atoms with E-state index in [1.807, 2.05) is 0 Å². The van der Waals surface area contributed by atoms with E-state index in [-0.39, 0.29) is 24.5 Å². The lowest BCUT2D eigenvalue weighted by molar-refractivity contribution is 0.314. The fraction of sp³-hybridized carbons (Fsp3) is 0.136. The molecule has 0 aliphatic carbocycles. The van der Waals surface area contributed by atoms with E-state index in [2.05, 4.69) is 32.8 Å². The Kier molecular flexibility index (Phi) is 7.68. The number of nitrogens with zero attached hydrogens (tertiary/aromatic N) is 1. The predicted octanol–water partition coefficient (Wildman–Crippen LogP) is 5.36. The topological polar surface area (TPSA) is 76.5 Å². The van der Waals surface area contributed by atoms with Gasteiger partial charge in [-0.15, -0.1) is 0 Å². The van der Waals surface area contributed by atoms with Crippen LogP contribution in [0.1, 0.15) is 17.7 Å². The van der Waals surface area contributed by atoms with E-state index in [9.17, 15) is 12.8 Å². The van der Waals surface area contributed by atoms with Gasteiger partial charge in [-0.2, -0.15) is 8.42 Å². The van der Waals surface area contributed by atoms with Crippen molar-refractivity contribution in [3.63, 3.8) is 0 Å². The Balaban J connectivity index is 1.68. The summed E-state index contributed by atoms with van der Waals surface area (Å²) in [4.78, 5) is 4.11. The molecule has 0 fully saturated rings. The molecule has 2 aromatic carbocycles. The Bertz CT molecular complexity index is 1250. The van der Waals surface area contributed by atoms with Crippen LogP contribution in [0.25, 0.3) is 11.1 Å². The minimum absolute atomic E-state index is 0.0272. The molecular formula is C22H16BrClFNO4S. The number of rotatable bonds is 6. The molecule has 3 aromatic rings. The minimum Gasteiger partial charge on any atom is -0.492 e. The van der Waals surface area contributed by atoms with Gasteiger partial charge in [-0.3, -0.25) is 4.55 Å². The summed E-state index contributed by atoms with van der Waals surface area (Å²) in [5.74, 6) is 5.17. The van der Waals surface area contributed by atoms with Crippen LogP contribution in [0.4, 0.5) is 4.39 Å². The van der Waals surface area contributed by atoms with Gasteiger partial charge in [0.15, 0.2) is 5.82 Å². The van der Waals surface area contributed by atoms with Crippen molar-refractivity contribution >= 4 is 37.6 Å². The number of halogens is 3. The van der Waals surface area contributed by atoms with Crippen LogP contribution in [0.5, 0.6) is 5.75 Å². The van der Waals surface area contributed by atoms with E-state index in [4.69, 9.17) is 20.9 Å². The summed E-state index contributed by atoms with van der Waals surface area (Å²) in [6, 6.07) is 13.4. The number of hydrogen-bond donors (Lipinski definition) is 1. The Morgan fingerprint density at radius 3 is 2.48 bits per heavy atom. The van der Waals surface area contributed by atoms with Gasteiger partial charge in [0.2, 0.25) is 0 Å². The monoisotopic (exact) mass is 523 g/mol. The molecule has 0 radical (unpaired) electrons. The Morgan fingerprint density at radius 2 is 1.84 bits per heavy atom. The van der Waals surface area contributed by atoms with E-state index >= 15 is 0 Å². The summed E-state index contributed by atoms with van der Waals surface area (Å²) in [7, 11) is -4.00. The normalized spacial score (nSPS) is 11.0. The van der Waals surface area contributed by atoms with Gasteiger partial charge < -0.3 is 4.74 Å². The maximum absolute atomic E-state index is 14.4. The van der Waals surface area contributed by atoms with E-state index in [1.165, 1.54) is 6.07 Å². The number of pyridine rings is 1. The fourth-order valence-corrected chi connectivity index (χ4v) is 3.68. The van der Waals surface area contributed by atoms with Crippen molar-refractivity contribution in [2.45, 2.75) is 6.42 Å². The predicted molar refractivity (Wildman–Crippen MR) is 121 cm³/mol. The van der Waals surface area contributed by atoms with Crippen LogP contribution in [-0.4, -0.2) is 30.3 Å². The van der Waals surface area contributed by atoms with E-state index in [0.717, 1.165) is 5.56 Å². The van der Waals surface area contributed by atoms with Crippen LogP contribution in [-0.2, 0) is 10.1 Å². The number of aromatic nitrogens is 1. The van der Waals surface area contributed by atoms with Gasteiger partial charge in [0.25, 0.3) is 10.1 Å². The highest BCUT2D eigenvalue weighted by Crippen LogP contribution is 2.26. The van der Waals surface area contributed by atoms with Crippen LogP contribution in [0.2, 0.25) is 5.02 Å². The number of benzene rings is 2. The second-order valence-corrected chi connectivity index (χ2v) is 9.31. The molecule has 31 heavy (non-hydrogen) atoms. The smallest absolute Gasteiger partial charge is 0.264 e. The second-order valence-electron chi connectivity index (χ2n) is 6.44. The molecule has 0 spiro atoms. The van der Waals surface area contributed by atoms with E-state index in [0.29, 0.717) is 26.4 Å². The van der Waals surface area contributed by atoms with Crippen LogP contribution >= 0.6 is 27.5 Å². The molecule has 0 amide bonds. The van der Waals surface area contributed by atoms with Crippen LogP contribution < -0.4 is 4.74 Å². The molecule has 160 valence electrons. The van der Waals surface area contributed by atoms with Gasteiger partial charge in [0.1, 0.15) is 11.4 Å². The first-order valence-corrected chi connectivity index (χ1v) is 11.8. The summed E-state index contributed by atoms with van der Waals surface area (Å²) in [5.41, 5.74) is 2.06. The van der Waals surface area contributed by atoms with Gasteiger partial charge in [-0.1, -0.05) is 29.7 Å². The summed E-state index contributed by atoms with van der Waals surface area (Å²) < 4.78 is 50.7. The van der Waals surface area contributed by atoms with Crippen molar-refractivity contribution in [1.29, 1.82) is 0 Å². The molecule has 1 heterocycles. The molecule has 1 aromatic heterocycles. The van der Waals surface area contributed by atoms with Crippen molar-refractivity contribution in [1.82, 2.24) is 4.98 Å². The van der Waals surface area contributed by atoms with Gasteiger partial charge in [0, 0.05) is 22.3 Å². The van der Waals surface area contributed by atoms with Crippen molar-refractivity contribution in [3.8, 4) is 28.7 Å². The zero-order chi connectivity index (χ0) is 22.4. The van der Waals surface area contributed by atoms with Crippen molar-refractivity contribution < 1.29 is 22.1 Å². The summed E-state index contributed by atoms with van der Waals surface area (Å²) >= 11 is 9.23. The molecule has 0 bridgehead atoms. The van der Waals surface area contributed by atoms with Crippen molar-refractivity contribution in [3.05, 3.63) is 81.3 Å². The van der Waals surface area contributed by atoms with Crippen LogP contribution in [0.15, 0.2) is 59.2 Å². The molecule has 1 N–H and O–H groups in total. The lowest BCUT2D eigenvalue weighted by Crippen LogP contribution is -2.08. The maximum Gasteiger partial charge on any atom is 0.264 e. The molecule has 0 unspecified atom stereocenters. The quantitative estimate of drug-likeness (QED) is 0.267. The van der Waals surface area contributed by atoms with Crippen LogP contribution in [0.3, 0.4) is 0 Å². The van der Waals surface area contributed by atoms with Gasteiger partial charge in [0.05, 0.1) is 16.8 Å². The second kappa shape index (κ2) is 10.2. The lowest BCUT2D eigenvalue weighted by atomic mass is 10.1. The largest absolute Gasteiger partial charge is 0.492 e. The zero-order valence-corrected chi connectivity index (χ0v) is 19.1. The first-order chi connectivity index (χ1) is 14.7. The number of hydrogen-bond acceptors (Lipinski definition) is 4. The first kappa shape index (κ1) is 23.2. The van der Waals surface area contributed by atoms with Gasteiger partial charge >= 0.3 is 0 Å². The minimum atomic E-state index is -4.00. The summed E-state index contributed by atoms with van der Waals surface area (Å²) in [6.07, 6.45) is 1.71. The highest BCUT2D eigenvalue weighted by atomic mass is 79.9. The van der Waals surface area contributed by atoms with Crippen molar-refractivity contribution in [2.75, 3.05) is 12.4 Å².